The van der Waals surface area contributed by atoms with Crippen LogP contribution in [0, 0.1) is 6.92 Å². The van der Waals surface area contributed by atoms with Crippen LogP contribution in [0.5, 0.6) is 5.75 Å². The van der Waals surface area contributed by atoms with E-state index in [1.807, 2.05) is 26.0 Å². The van der Waals surface area contributed by atoms with Gasteiger partial charge < -0.3 is 14.1 Å². The minimum Gasteiger partial charge on any atom is -0.484 e. The van der Waals surface area contributed by atoms with Gasteiger partial charge in [-0.25, -0.2) is 0 Å². The second-order valence-electron chi connectivity index (χ2n) is 6.36. The molecule has 6 nitrogen and oxygen atoms in total. The standard InChI is InChI=1S/C20H21Cl2N3O3/c1-4-25-17(16(22)10-23-25)11-24(3)20(26)18-9-8-14(28-18)12-27-19-13(2)6-5-7-15(19)21/h5-10H,4,11-12H2,1-3H3. The van der Waals surface area contributed by atoms with Crippen molar-refractivity contribution in [2.45, 2.75) is 33.5 Å². The lowest BCUT2D eigenvalue weighted by atomic mass is 10.2. The molecule has 0 aliphatic heterocycles. The third kappa shape index (κ3) is 4.34. The Kier molecular flexibility index (Phi) is 6.31. The van der Waals surface area contributed by atoms with E-state index in [1.165, 1.54) is 4.90 Å². The quantitative estimate of drug-likeness (QED) is 0.540. The van der Waals surface area contributed by atoms with Crippen LogP contribution in [0.4, 0.5) is 0 Å². The number of hydrogen-bond donors (Lipinski definition) is 0. The highest BCUT2D eigenvalue weighted by Gasteiger charge is 2.19. The first-order valence-electron chi connectivity index (χ1n) is 8.83. The SMILES string of the molecule is CCn1ncc(Cl)c1CN(C)C(=O)c1ccc(COc2c(C)cccc2Cl)o1. The van der Waals surface area contributed by atoms with Crippen molar-refractivity contribution in [3.63, 3.8) is 0 Å². The van der Waals surface area contributed by atoms with E-state index in [4.69, 9.17) is 32.4 Å². The van der Waals surface area contributed by atoms with Crippen molar-refractivity contribution in [2.24, 2.45) is 0 Å². The first-order chi connectivity index (χ1) is 13.4. The summed E-state index contributed by atoms with van der Waals surface area (Å²) in [6.07, 6.45) is 1.58. The number of rotatable bonds is 7. The molecular formula is C20H21Cl2N3O3. The van der Waals surface area contributed by atoms with Gasteiger partial charge in [0, 0.05) is 13.6 Å². The van der Waals surface area contributed by atoms with E-state index in [9.17, 15) is 4.79 Å². The molecule has 0 saturated carbocycles. The Hall–Kier alpha value is -2.44. The number of benzene rings is 1. The van der Waals surface area contributed by atoms with Gasteiger partial charge in [0.05, 0.1) is 28.5 Å². The monoisotopic (exact) mass is 421 g/mol. The van der Waals surface area contributed by atoms with Crippen LogP contribution >= 0.6 is 23.2 Å². The molecule has 2 aromatic heterocycles. The van der Waals surface area contributed by atoms with Crippen molar-refractivity contribution in [3.8, 4) is 5.75 Å². The fourth-order valence-corrected chi connectivity index (χ4v) is 3.29. The molecular weight excluding hydrogens is 401 g/mol. The van der Waals surface area contributed by atoms with Crippen LogP contribution in [0.15, 0.2) is 40.9 Å². The number of ether oxygens (including phenoxy) is 1. The van der Waals surface area contributed by atoms with Gasteiger partial charge in [-0.1, -0.05) is 35.3 Å². The van der Waals surface area contributed by atoms with E-state index in [1.54, 1.807) is 36.1 Å². The zero-order valence-electron chi connectivity index (χ0n) is 15.9. The molecule has 3 rings (SSSR count). The summed E-state index contributed by atoms with van der Waals surface area (Å²) in [5.74, 6) is 1.12. The van der Waals surface area contributed by atoms with Crippen LogP contribution in [0.1, 0.15) is 34.5 Å². The summed E-state index contributed by atoms with van der Waals surface area (Å²) >= 11 is 12.3. The molecule has 148 valence electrons. The van der Waals surface area contributed by atoms with Gasteiger partial charge in [-0.05, 0) is 37.6 Å². The van der Waals surface area contributed by atoms with Crippen LogP contribution < -0.4 is 4.74 Å². The molecule has 0 aliphatic rings. The summed E-state index contributed by atoms with van der Waals surface area (Å²) in [6.45, 7) is 5.06. The Morgan fingerprint density at radius 2 is 2.04 bits per heavy atom. The molecule has 8 heteroatoms. The van der Waals surface area contributed by atoms with Crippen molar-refractivity contribution in [2.75, 3.05) is 7.05 Å². The van der Waals surface area contributed by atoms with E-state index in [0.29, 0.717) is 34.6 Å². The Labute approximate surface area is 173 Å². The smallest absolute Gasteiger partial charge is 0.289 e. The largest absolute Gasteiger partial charge is 0.484 e. The number of aryl methyl sites for hydroxylation is 2. The Morgan fingerprint density at radius 1 is 1.25 bits per heavy atom. The van der Waals surface area contributed by atoms with E-state index >= 15 is 0 Å². The second-order valence-corrected chi connectivity index (χ2v) is 7.17. The molecule has 0 aliphatic carbocycles. The maximum absolute atomic E-state index is 12.7. The lowest BCUT2D eigenvalue weighted by molar-refractivity contribution is 0.0745. The van der Waals surface area contributed by atoms with Crippen LogP contribution in [-0.4, -0.2) is 27.6 Å². The molecule has 0 fully saturated rings. The molecule has 0 radical (unpaired) electrons. The normalized spacial score (nSPS) is 10.9. The van der Waals surface area contributed by atoms with Gasteiger partial charge in [0.15, 0.2) is 5.76 Å². The van der Waals surface area contributed by atoms with Crippen molar-refractivity contribution in [1.29, 1.82) is 0 Å². The summed E-state index contributed by atoms with van der Waals surface area (Å²) < 4.78 is 13.2. The number of halogens is 2. The third-order valence-electron chi connectivity index (χ3n) is 4.33. The van der Waals surface area contributed by atoms with E-state index in [-0.39, 0.29) is 18.3 Å². The zero-order chi connectivity index (χ0) is 20.3. The number of amides is 1. The lowest BCUT2D eigenvalue weighted by Crippen LogP contribution is -2.27. The van der Waals surface area contributed by atoms with E-state index < -0.39 is 0 Å². The molecule has 0 bridgehead atoms. The van der Waals surface area contributed by atoms with Gasteiger partial charge in [-0.3, -0.25) is 9.48 Å². The summed E-state index contributed by atoms with van der Waals surface area (Å²) in [6, 6.07) is 8.90. The maximum Gasteiger partial charge on any atom is 0.289 e. The number of aromatic nitrogens is 2. The summed E-state index contributed by atoms with van der Waals surface area (Å²) in [5.41, 5.74) is 1.71. The van der Waals surface area contributed by atoms with Crippen LogP contribution in [0.3, 0.4) is 0 Å². The van der Waals surface area contributed by atoms with Crippen LogP contribution in [0.2, 0.25) is 10.0 Å². The molecule has 0 saturated heterocycles. The number of nitrogens with zero attached hydrogens (tertiary/aromatic N) is 3. The highest BCUT2D eigenvalue weighted by atomic mass is 35.5. The van der Waals surface area contributed by atoms with E-state index in [2.05, 4.69) is 5.10 Å². The van der Waals surface area contributed by atoms with Gasteiger partial charge in [0.1, 0.15) is 18.1 Å². The summed E-state index contributed by atoms with van der Waals surface area (Å²) in [5, 5.41) is 5.25. The molecule has 0 unspecified atom stereocenters. The fraction of sp³-hybridized carbons (Fsp3) is 0.300. The van der Waals surface area contributed by atoms with Crippen LogP contribution in [0.25, 0.3) is 0 Å². The molecule has 0 N–H and O–H groups in total. The number of hydrogen-bond acceptors (Lipinski definition) is 4. The second kappa shape index (κ2) is 8.71. The van der Waals surface area contributed by atoms with Crippen LogP contribution in [-0.2, 0) is 19.7 Å². The number of furan rings is 1. The van der Waals surface area contributed by atoms with Gasteiger partial charge in [0.25, 0.3) is 5.91 Å². The maximum atomic E-state index is 12.7. The lowest BCUT2D eigenvalue weighted by Gasteiger charge is -2.16. The number of para-hydroxylation sites is 1. The highest BCUT2D eigenvalue weighted by molar-refractivity contribution is 6.32. The minimum atomic E-state index is -0.250. The Morgan fingerprint density at radius 3 is 2.75 bits per heavy atom. The first kappa shape index (κ1) is 20.3. The molecule has 2 heterocycles. The molecule has 0 atom stereocenters. The van der Waals surface area contributed by atoms with Gasteiger partial charge in [-0.15, -0.1) is 0 Å². The molecule has 1 amide bonds. The zero-order valence-corrected chi connectivity index (χ0v) is 17.4. The van der Waals surface area contributed by atoms with E-state index in [0.717, 1.165) is 11.3 Å². The molecule has 28 heavy (non-hydrogen) atoms. The Balaban J connectivity index is 1.65. The topological polar surface area (TPSA) is 60.5 Å². The highest BCUT2D eigenvalue weighted by Crippen LogP contribution is 2.29. The van der Waals surface area contributed by atoms with Crippen molar-refractivity contribution in [3.05, 3.63) is 69.4 Å². The number of carbonyl (C=O) groups is 1. The number of carbonyl (C=O) groups excluding carboxylic acids is 1. The summed E-state index contributed by atoms with van der Waals surface area (Å²) in [4.78, 5) is 14.2. The third-order valence-corrected chi connectivity index (χ3v) is 4.94. The van der Waals surface area contributed by atoms with Crippen molar-refractivity contribution in [1.82, 2.24) is 14.7 Å². The average Bonchev–Trinajstić information content (AvgIpc) is 3.28. The predicted molar refractivity (Wildman–Crippen MR) is 108 cm³/mol. The predicted octanol–water partition coefficient (Wildman–Crippen LogP) is 4.96. The Bertz CT molecular complexity index is 961. The van der Waals surface area contributed by atoms with Crippen molar-refractivity contribution < 1.29 is 13.9 Å². The molecule has 0 spiro atoms. The average molecular weight is 422 g/mol. The van der Waals surface area contributed by atoms with Gasteiger partial charge >= 0.3 is 0 Å². The van der Waals surface area contributed by atoms with Crippen molar-refractivity contribution >= 4 is 29.1 Å². The van der Waals surface area contributed by atoms with Gasteiger partial charge in [-0.2, -0.15) is 5.10 Å². The fourth-order valence-electron chi connectivity index (χ4n) is 2.82. The first-order valence-corrected chi connectivity index (χ1v) is 9.58. The minimum absolute atomic E-state index is 0.177. The molecule has 3 aromatic rings. The summed E-state index contributed by atoms with van der Waals surface area (Å²) in [7, 11) is 1.69. The molecule has 1 aromatic carbocycles. The van der Waals surface area contributed by atoms with Gasteiger partial charge in [0.2, 0.25) is 0 Å².